The molecule has 20 heavy (non-hydrogen) atoms. The molecular weight excluding hydrogens is 368 g/mol. The van der Waals surface area contributed by atoms with E-state index in [0.29, 0.717) is 32.1 Å². The normalized spacial score (nSPS) is 10.4. The number of benzene rings is 1. The lowest BCUT2D eigenvalue weighted by molar-refractivity contribution is 0.0701. The molecule has 0 amide bonds. The Hall–Kier alpha value is -1.24. The van der Waals surface area contributed by atoms with Crippen molar-refractivity contribution in [2.24, 2.45) is 0 Å². The molecule has 0 saturated carbocycles. The molecule has 0 saturated heterocycles. The van der Waals surface area contributed by atoms with E-state index < -0.39 is 5.97 Å². The number of carboxylic acids is 1. The number of ether oxygens (including phenoxy) is 2. The monoisotopic (exact) mass is 376 g/mol. The Morgan fingerprint density at radius 1 is 1.35 bits per heavy atom. The zero-order chi connectivity index (χ0) is 14.9. The molecule has 106 valence electrons. The fourth-order valence-electron chi connectivity index (χ4n) is 1.82. The fourth-order valence-corrected chi connectivity index (χ4v) is 3.75. The van der Waals surface area contributed by atoms with Gasteiger partial charge in [-0.3, -0.25) is 0 Å². The van der Waals surface area contributed by atoms with Gasteiger partial charge in [0.25, 0.3) is 0 Å². The molecule has 0 unspecified atom stereocenters. The van der Waals surface area contributed by atoms with E-state index in [4.69, 9.17) is 26.2 Å². The van der Waals surface area contributed by atoms with Crippen molar-refractivity contribution >= 4 is 44.8 Å². The van der Waals surface area contributed by atoms with Crippen LogP contribution in [0, 0.1) is 0 Å². The van der Waals surface area contributed by atoms with Crippen LogP contribution in [-0.2, 0) is 0 Å². The van der Waals surface area contributed by atoms with Gasteiger partial charge in [-0.25, -0.2) is 4.79 Å². The quantitative estimate of drug-likeness (QED) is 0.849. The summed E-state index contributed by atoms with van der Waals surface area (Å²) in [5, 5.41) is 11.3. The van der Waals surface area contributed by atoms with Gasteiger partial charge in [-0.2, -0.15) is 0 Å². The van der Waals surface area contributed by atoms with Gasteiger partial charge in [0.2, 0.25) is 0 Å². The van der Waals surface area contributed by atoms with Crippen LogP contribution < -0.4 is 9.47 Å². The molecule has 0 spiro atoms. The third kappa shape index (κ3) is 2.51. The van der Waals surface area contributed by atoms with Crippen LogP contribution in [0.4, 0.5) is 0 Å². The van der Waals surface area contributed by atoms with E-state index in [1.165, 1.54) is 14.2 Å². The third-order valence-electron chi connectivity index (χ3n) is 2.69. The van der Waals surface area contributed by atoms with E-state index in [-0.39, 0.29) is 4.88 Å². The van der Waals surface area contributed by atoms with Crippen molar-refractivity contribution < 1.29 is 19.4 Å². The van der Waals surface area contributed by atoms with Gasteiger partial charge >= 0.3 is 5.97 Å². The predicted octanol–water partition coefficient (Wildman–Crippen LogP) is 4.55. The van der Waals surface area contributed by atoms with Gasteiger partial charge in [0, 0.05) is 10.9 Å². The Kier molecular flexibility index (Phi) is 4.57. The fraction of sp³-hybridized carbons (Fsp3) is 0.154. The standard InChI is InChI=1S/C13H10BrClO4S/c1-18-8-4-3-7(15)11(19-2)9(8)6-5-20-12(10(6)14)13(16)17/h3-5H,1-2H3,(H,16,17). The molecule has 0 radical (unpaired) electrons. The minimum Gasteiger partial charge on any atom is -0.496 e. The summed E-state index contributed by atoms with van der Waals surface area (Å²) in [6.07, 6.45) is 0. The van der Waals surface area contributed by atoms with Crippen LogP contribution in [-0.4, -0.2) is 25.3 Å². The highest BCUT2D eigenvalue weighted by Crippen LogP contribution is 2.47. The summed E-state index contributed by atoms with van der Waals surface area (Å²) in [6, 6.07) is 3.38. The molecular formula is C13H10BrClO4S. The number of methoxy groups -OCH3 is 2. The first-order valence-corrected chi connectivity index (χ1v) is 7.47. The van der Waals surface area contributed by atoms with E-state index in [1.807, 2.05) is 0 Å². The lowest BCUT2D eigenvalue weighted by Crippen LogP contribution is -1.95. The minimum absolute atomic E-state index is 0.212. The van der Waals surface area contributed by atoms with Crippen molar-refractivity contribution in [3.63, 3.8) is 0 Å². The maximum absolute atomic E-state index is 11.1. The van der Waals surface area contributed by atoms with Gasteiger partial charge in [-0.05, 0) is 28.1 Å². The summed E-state index contributed by atoms with van der Waals surface area (Å²) < 4.78 is 11.1. The molecule has 0 bridgehead atoms. The Bertz CT molecular complexity index is 669. The molecule has 7 heteroatoms. The van der Waals surface area contributed by atoms with E-state index in [0.717, 1.165) is 11.3 Å². The average molecular weight is 378 g/mol. The first-order chi connectivity index (χ1) is 9.51. The van der Waals surface area contributed by atoms with Crippen molar-refractivity contribution in [3.8, 4) is 22.6 Å². The number of hydrogen-bond acceptors (Lipinski definition) is 4. The largest absolute Gasteiger partial charge is 0.496 e. The average Bonchev–Trinajstić information content (AvgIpc) is 2.80. The van der Waals surface area contributed by atoms with Crippen molar-refractivity contribution in [1.82, 2.24) is 0 Å². The number of aromatic carboxylic acids is 1. The summed E-state index contributed by atoms with van der Waals surface area (Å²) in [5.41, 5.74) is 1.29. The van der Waals surface area contributed by atoms with Gasteiger partial charge in [-0.1, -0.05) is 11.6 Å². The van der Waals surface area contributed by atoms with E-state index in [1.54, 1.807) is 17.5 Å². The Morgan fingerprint density at radius 2 is 2.05 bits per heavy atom. The van der Waals surface area contributed by atoms with E-state index in [9.17, 15) is 4.79 Å². The molecule has 2 rings (SSSR count). The summed E-state index contributed by atoms with van der Waals surface area (Å²) >= 11 is 10.6. The van der Waals surface area contributed by atoms with Crippen LogP contribution in [0.3, 0.4) is 0 Å². The highest BCUT2D eigenvalue weighted by atomic mass is 79.9. The molecule has 1 heterocycles. The molecule has 0 aliphatic rings. The van der Waals surface area contributed by atoms with Crippen LogP contribution in [0.25, 0.3) is 11.1 Å². The number of rotatable bonds is 4. The lowest BCUT2D eigenvalue weighted by Gasteiger charge is -2.14. The smallest absolute Gasteiger partial charge is 0.347 e. The Balaban J connectivity index is 2.74. The predicted molar refractivity (Wildman–Crippen MR) is 82.5 cm³/mol. The molecule has 0 atom stereocenters. The van der Waals surface area contributed by atoms with Crippen molar-refractivity contribution in [2.75, 3.05) is 14.2 Å². The highest BCUT2D eigenvalue weighted by Gasteiger charge is 2.23. The van der Waals surface area contributed by atoms with Crippen molar-refractivity contribution in [3.05, 3.63) is 31.9 Å². The van der Waals surface area contributed by atoms with Crippen LogP contribution in [0.1, 0.15) is 9.67 Å². The first kappa shape index (κ1) is 15.2. The molecule has 2 aromatic rings. The van der Waals surface area contributed by atoms with Crippen LogP contribution in [0.2, 0.25) is 5.02 Å². The molecule has 0 aliphatic heterocycles. The summed E-state index contributed by atoms with van der Waals surface area (Å²) in [7, 11) is 3.03. The maximum Gasteiger partial charge on any atom is 0.347 e. The lowest BCUT2D eigenvalue weighted by atomic mass is 10.1. The first-order valence-electron chi connectivity index (χ1n) is 5.42. The van der Waals surface area contributed by atoms with Crippen LogP contribution in [0.15, 0.2) is 22.0 Å². The zero-order valence-electron chi connectivity index (χ0n) is 10.6. The maximum atomic E-state index is 11.1. The summed E-state index contributed by atoms with van der Waals surface area (Å²) in [4.78, 5) is 11.3. The highest BCUT2D eigenvalue weighted by molar-refractivity contribution is 9.10. The van der Waals surface area contributed by atoms with E-state index >= 15 is 0 Å². The van der Waals surface area contributed by atoms with Gasteiger partial charge in [0.15, 0.2) is 0 Å². The SMILES string of the molecule is COc1ccc(Cl)c(OC)c1-c1csc(C(=O)O)c1Br. The second-order valence-corrected chi connectivity index (χ2v) is 5.84. The van der Waals surface area contributed by atoms with Crippen LogP contribution >= 0.6 is 38.9 Å². The molecule has 1 N–H and O–H groups in total. The summed E-state index contributed by atoms with van der Waals surface area (Å²) in [6.45, 7) is 0. The molecule has 4 nitrogen and oxygen atoms in total. The topological polar surface area (TPSA) is 55.8 Å². The van der Waals surface area contributed by atoms with E-state index in [2.05, 4.69) is 15.9 Å². The second-order valence-electron chi connectivity index (χ2n) is 3.76. The van der Waals surface area contributed by atoms with Gasteiger partial charge in [0.05, 0.1) is 29.3 Å². The van der Waals surface area contributed by atoms with Gasteiger partial charge in [0.1, 0.15) is 16.4 Å². The third-order valence-corrected chi connectivity index (χ3v) is 5.04. The molecule has 1 aromatic carbocycles. The van der Waals surface area contributed by atoms with Crippen molar-refractivity contribution in [2.45, 2.75) is 0 Å². The Labute approximate surface area is 133 Å². The number of carbonyl (C=O) groups is 1. The Morgan fingerprint density at radius 3 is 2.55 bits per heavy atom. The summed E-state index contributed by atoms with van der Waals surface area (Å²) in [5.74, 6) is 0.0104. The molecule has 0 fully saturated rings. The number of hydrogen-bond donors (Lipinski definition) is 1. The number of carboxylic acid groups (broad SMARTS) is 1. The van der Waals surface area contributed by atoms with Crippen LogP contribution in [0.5, 0.6) is 11.5 Å². The second kappa shape index (κ2) is 6.03. The number of halogens is 2. The number of thiophene rings is 1. The zero-order valence-corrected chi connectivity index (χ0v) is 13.7. The minimum atomic E-state index is -0.993. The molecule has 0 aliphatic carbocycles. The molecule has 1 aromatic heterocycles. The van der Waals surface area contributed by atoms with Gasteiger partial charge in [-0.15, -0.1) is 11.3 Å². The van der Waals surface area contributed by atoms with Crippen molar-refractivity contribution in [1.29, 1.82) is 0 Å². The van der Waals surface area contributed by atoms with Gasteiger partial charge < -0.3 is 14.6 Å².